The van der Waals surface area contributed by atoms with E-state index in [0.717, 1.165) is 78.8 Å². The molecule has 5 nitrogen and oxygen atoms in total. The van der Waals surface area contributed by atoms with Gasteiger partial charge in [-0.1, -0.05) is 63.2 Å². The highest BCUT2D eigenvalue weighted by atomic mass is 35.5. The maximum atomic E-state index is 11.4. The van der Waals surface area contributed by atoms with Crippen molar-refractivity contribution in [1.29, 1.82) is 0 Å². The minimum Gasteiger partial charge on any atom is -0.507 e. The number of phenols is 1. The van der Waals surface area contributed by atoms with Crippen LogP contribution in [0.1, 0.15) is 47.9 Å². The molecule has 1 aromatic heterocycles. The van der Waals surface area contributed by atoms with Crippen molar-refractivity contribution in [3.63, 3.8) is 0 Å². The number of benzene rings is 2. The second kappa shape index (κ2) is 13.1. The zero-order valence-electron chi connectivity index (χ0n) is 20.8. The second-order valence-corrected chi connectivity index (χ2v) is 12.9. The summed E-state index contributed by atoms with van der Waals surface area (Å²) >= 11 is 5.76. The average Bonchev–Trinajstić information content (AvgIpc) is 3.24. The van der Waals surface area contributed by atoms with Crippen LogP contribution in [0.4, 0.5) is 0 Å². The number of aromatic hydroxyl groups is 1. The molecule has 2 saturated heterocycles. The number of aliphatic hydroxyl groups is 2. The summed E-state index contributed by atoms with van der Waals surface area (Å²) in [5, 5.41) is 31.2. The summed E-state index contributed by atoms with van der Waals surface area (Å²) in [6, 6.07) is 14.7. The van der Waals surface area contributed by atoms with E-state index in [1.165, 1.54) is 16.0 Å². The minimum atomic E-state index is -0.218. The fourth-order valence-electron chi connectivity index (χ4n) is 5.22. The first-order chi connectivity index (χ1) is 17.5. The maximum absolute atomic E-state index is 11.4. The third-order valence-electron chi connectivity index (χ3n) is 7.38. The van der Waals surface area contributed by atoms with Crippen LogP contribution in [-0.4, -0.2) is 63.5 Å². The smallest absolute Gasteiger partial charge is 0.124 e. The molecule has 0 radical (unpaired) electrons. The topological polar surface area (TPSA) is 67.2 Å². The van der Waals surface area contributed by atoms with Gasteiger partial charge >= 0.3 is 0 Å². The Kier molecular flexibility index (Phi) is 10.2. The Bertz CT molecular complexity index is 1170. The predicted octanol–water partition coefficient (Wildman–Crippen LogP) is 5.84. The van der Waals surface area contributed by atoms with Gasteiger partial charge in [-0.05, 0) is 48.9 Å². The van der Waals surface area contributed by atoms with Gasteiger partial charge in [-0.3, -0.25) is 9.80 Å². The number of hydrogen-bond donors (Lipinski definition) is 3. The first kappa shape index (κ1) is 28.6. The lowest BCUT2D eigenvalue weighted by atomic mass is 9.97. The third kappa shape index (κ3) is 7.19. The quantitative estimate of drug-likeness (QED) is 0.242. The first-order valence-electron chi connectivity index (χ1n) is 12.8. The molecule has 2 aliphatic rings. The van der Waals surface area contributed by atoms with Gasteiger partial charge in [0, 0.05) is 62.4 Å². The Balaban J connectivity index is 0.00000320. The molecular formula is C28H35ClN2O3S3. The number of nitrogens with zero attached hydrogens (tertiary/aromatic N) is 2. The molecule has 9 heteroatoms. The molecule has 0 aliphatic carbocycles. The molecule has 0 unspecified atom stereocenters. The van der Waals surface area contributed by atoms with Gasteiger partial charge in [0.25, 0.3) is 0 Å². The molecule has 0 amide bonds. The summed E-state index contributed by atoms with van der Waals surface area (Å²) in [5.74, 6) is 0.374. The van der Waals surface area contributed by atoms with E-state index in [1.807, 2.05) is 6.07 Å². The van der Waals surface area contributed by atoms with Crippen molar-refractivity contribution in [1.82, 2.24) is 9.80 Å². The Labute approximate surface area is 237 Å². The van der Waals surface area contributed by atoms with E-state index in [9.17, 15) is 15.3 Å². The van der Waals surface area contributed by atoms with Gasteiger partial charge in [0.15, 0.2) is 0 Å². The number of aliphatic hydroxyl groups excluding tert-OH is 2. The van der Waals surface area contributed by atoms with Gasteiger partial charge in [0.05, 0.1) is 17.1 Å². The molecular weight excluding hydrogens is 544 g/mol. The Hall–Kier alpha value is -1.36. The number of piperidine rings is 2. The lowest BCUT2D eigenvalue weighted by molar-refractivity contribution is 0.0779. The van der Waals surface area contributed by atoms with Crippen LogP contribution in [0.5, 0.6) is 5.75 Å². The van der Waals surface area contributed by atoms with Crippen LogP contribution >= 0.6 is 45.3 Å². The SMILES string of the molecule is Cl.Oc1c(CN2CCC(O)CC2)cc(-c2ssc(=S)c2Cc2ccccc2)cc1CN1CCC(O)CC1. The van der Waals surface area contributed by atoms with Gasteiger partial charge in [0.1, 0.15) is 9.57 Å². The van der Waals surface area contributed by atoms with Crippen LogP contribution < -0.4 is 0 Å². The number of halogens is 1. The summed E-state index contributed by atoms with van der Waals surface area (Å²) in [5.41, 5.74) is 5.43. The lowest BCUT2D eigenvalue weighted by Gasteiger charge is -2.31. The minimum absolute atomic E-state index is 0. The van der Waals surface area contributed by atoms with Crippen LogP contribution in [-0.2, 0) is 19.5 Å². The summed E-state index contributed by atoms with van der Waals surface area (Å²) < 4.78 is 0.935. The fourth-order valence-corrected chi connectivity index (χ4v) is 8.12. The summed E-state index contributed by atoms with van der Waals surface area (Å²) in [4.78, 5) is 5.85. The zero-order chi connectivity index (χ0) is 25.1. The van der Waals surface area contributed by atoms with Crippen LogP contribution in [0.3, 0.4) is 0 Å². The van der Waals surface area contributed by atoms with Crippen molar-refractivity contribution < 1.29 is 15.3 Å². The number of phenolic OH excluding ortho intramolecular Hbond substituents is 1. The monoisotopic (exact) mass is 578 g/mol. The zero-order valence-corrected chi connectivity index (χ0v) is 24.1. The van der Waals surface area contributed by atoms with Gasteiger partial charge in [-0.15, -0.1) is 12.4 Å². The molecule has 0 atom stereocenters. The molecule has 37 heavy (non-hydrogen) atoms. The molecule has 0 saturated carbocycles. The Morgan fingerprint density at radius 3 is 1.84 bits per heavy atom. The van der Waals surface area contributed by atoms with E-state index >= 15 is 0 Å². The van der Waals surface area contributed by atoms with E-state index in [1.54, 1.807) is 20.7 Å². The molecule has 2 aromatic carbocycles. The van der Waals surface area contributed by atoms with Gasteiger partial charge in [-0.2, -0.15) is 0 Å². The Morgan fingerprint density at radius 2 is 1.32 bits per heavy atom. The molecule has 5 rings (SSSR count). The van der Waals surface area contributed by atoms with Crippen molar-refractivity contribution in [3.05, 3.63) is 68.5 Å². The van der Waals surface area contributed by atoms with Gasteiger partial charge in [-0.25, -0.2) is 0 Å². The number of hydrogen-bond acceptors (Lipinski definition) is 8. The second-order valence-electron chi connectivity index (χ2n) is 10.1. The molecule has 200 valence electrons. The average molecular weight is 579 g/mol. The highest BCUT2D eigenvalue weighted by Gasteiger charge is 2.23. The molecule has 0 bridgehead atoms. The van der Waals surface area contributed by atoms with Gasteiger partial charge in [0.2, 0.25) is 0 Å². The van der Waals surface area contributed by atoms with Crippen molar-refractivity contribution >= 4 is 45.3 Å². The van der Waals surface area contributed by atoms with Gasteiger partial charge < -0.3 is 15.3 Å². The van der Waals surface area contributed by atoms with Crippen LogP contribution in [0.15, 0.2) is 42.5 Å². The number of likely N-dealkylation sites (tertiary alicyclic amines) is 2. The number of rotatable bonds is 7. The van der Waals surface area contributed by atoms with E-state index in [0.29, 0.717) is 18.8 Å². The maximum Gasteiger partial charge on any atom is 0.124 e. The van der Waals surface area contributed by atoms with E-state index in [4.69, 9.17) is 12.2 Å². The van der Waals surface area contributed by atoms with Crippen molar-refractivity contribution in [3.8, 4) is 16.2 Å². The van der Waals surface area contributed by atoms with Crippen molar-refractivity contribution in [2.24, 2.45) is 0 Å². The van der Waals surface area contributed by atoms with E-state index in [-0.39, 0.29) is 24.6 Å². The molecule has 3 aromatic rings. The fraction of sp³-hybridized carbons (Fsp3) is 0.464. The molecule has 3 N–H and O–H groups in total. The van der Waals surface area contributed by atoms with E-state index < -0.39 is 0 Å². The van der Waals surface area contributed by atoms with Crippen LogP contribution in [0.25, 0.3) is 10.4 Å². The van der Waals surface area contributed by atoms with Crippen LogP contribution in [0.2, 0.25) is 0 Å². The molecule has 2 aliphatic heterocycles. The lowest BCUT2D eigenvalue weighted by Crippen LogP contribution is -2.36. The summed E-state index contributed by atoms with van der Waals surface area (Å²) in [6.45, 7) is 4.67. The highest BCUT2D eigenvalue weighted by Crippen LogP contribution is 2.40. The third-order valence-corrected chi connectivity index (χ3v) is 10.6. The first-order valence-corrected chi connectivity index (χ1v) is 15.3. The predicted molar refractivity (Wildman–Crippen MR) is 158 cm³/mol. The largest absolute Gasteiger partial charge is 0.507 e. The molecule has 0 spiro atoms. The molecule has 3 heterocycles. The standard InChI is InChI=1S/C28H34N2O3S3.ClH/c31-23-6-10-29(11-7-23)17-21-15-20(16-22(26(21)33)18-30-12-8-24(32)9-13-30)27-25(28(34)36-35-27)14-19-4-2-1-3-5-19;/h1-5,15-16,23-24,31-33H,6-14,17-18H2;1H. The summed E-state index contributed by atoms with van der Waals surface area (Å²) in [7, 11) is 3.38. The van der Waals surface area contributed by atoms with Crippen molar-refractivity contribution in [2.45, 2.75) is 57.4 Å². The van der Waals surface area contributed by atoms with Crippen LogP contribution in [0, 0.1) is 3.82 Å². The summed E-state index contributed by atoms with van der Waals surface area (Å²) in [6.07, 6.45) is 3.46. The molecule has 2 fully saturated rings. The Morgan fingerprint density at radius 1 is 0.811 bits per heavy atom. The highest BCUT2D eigenvalue weighted by molar-refractivity contribution is 7.80. The van der Waals surface area contributed by atoms with Crippen molar-refractivity contribution in [2.75, 3.05) is 26.2 Å². The van der Waals surface area contributed by atoms with E-state index in [2.05, 4.69) is 46.2 Å². The normalized spacial score (nSPS) is 18.1.